The van der Waals surface area contributed by atoms with Crippen LogP contribution in [0.4, 0.5) is 0 Å². The summed E-state index contributed by atoms with van der Waals surface area (Å²) in [6.07, 6.45) is 4.84. The zero-order valence-corrected chi connectivity index (χ0v) is 42.9. The standard InChI is InChI=1S/C50H86N6O8/c1-18-37-38(57)61-33-25-42(2,3)53(43(4,5)26-33)51-23-21-19-20-22-24-52-55-46(10,11)29-35(30-47(55,12)13)63-40(59)50(37,39(58)62-34-27-44(6,7)54(51)45(8,9)28-34)41(60)64-36-31-48(14,15)56(52)49(16,17)32-36/h33-37H,18-32H2,1-17H3. The van der Waals surface area contributed by atoms with Gasteiger partial charge in [-0.1, -0.05) is 19.8 Å². The van der Waals surface area contributed by atoms with E-state index in [1.165, 1.54) is 0 Å². The highest BCUT2D eigenvalue weighted by molar-refractivity contribution is 6.20. The minimum atomic E-state index is -2.79. The van der Waals surface area contributed by atoms with E-state index in [4.69, 9.17) is 18.9 Å². The fraction of sp³-hybridized carbons (Fsp3) is 0.920. The Morgan fingerprint density at radius 3 is 0.859 bits per heavy atom. The van der Waals surface area contributed by atoms with Crippen LogP contribution in [0.2, 0.25) is 0 Å². The number of carbonyl (C=O) groups excluding carboxylic acids is 4. The number of carbonyl (C=O) groups is 4. The highest BCUT2D eigenvalue weighted by Crippen LogP contribution is 2.52. The second-order valence-corrected chi connectivity index (χ2v) is 25.9. The summed E-state index contributed by atoms with van der Waals surface area (Å²) in [5.41, 5.74) is -7.04. The largest absolute Gasteiger partial charge is 0.462 e. The van der Waals surface area contributed by atoms with E-state index < -0.39 is 104 Å². The van der Waals surface area contributed by atoms with Crippen LogP contribution in [0.1, 0.15) is 201 Å². The van der Waals surface area contributed by atoms with Gasteiger partial charge in [-0.05, 0) is 130 Å². The molecule has 14 heteroatoms. The van der Waals surface area contributed by atoms with Crippen LogP contribution in [-0.4, -0.2) is 136 Å². The second-order valence-electron chi connectivity index (χ2n) is 25.9. The SMILES string of the molecule is CCC1C(=O)OC2CC(C)(C)N(N3CCCCCCN4N5C(C)(C)CC(CC5(C)C)OC(=O)C1(C(=O)OC1CC(C)(C)N3C(C)(C)C1)C(=O)OC1CC(C)(C)N4C(C)(C)C1)C(C)(C)C2. The van der Waals surface area contributed by atoms with Crippen LogP contribution < -0.4 is 0 Å². The normalized spacial score (nSPS) is 43.2. The first-order valence-corrected chi connectivity index (χ1v) is 24.8. The van der Waals surface area contributed by atoms with Crippen molar-refractivity contribution >= 4 is 23.9 Å². The Bertz CT molecular complexity index is 1710. The van der Waals surface area contributed by atoms with Gasteiger partial charge in [0.05, 0.1) is 5.92 Å². The highest BCUT2D eigenvalue weighted by Gasteiger charge is 2.69. The lowest BCUT2D eigenvalue weighted by Crippen LogP contribution is -2.78. The number of hydrogen-bond donors (Lipinski definition) is 0. The van der Waals surface area contributed by atoms with E-state index >= 15 is 19.2 Å². The van der Waals surface area contributed by atoms with Crippen molar-refractivity contribution in [3.63, 3.8) is 0 Å². The van der Waals surface area contributed by atoms with E-state index in [-0.39, 0.29) is 6.42 Å². The third kappa shape index (κ3) is 8.36. The second kappa shape index (κ2) is 16.1. The molecule has 13 heterocycles. The number of piperidine rings is 4. The Kier molecular flexibility index (Phi) is 12.5. The Hall–Kier alpha value is -2.36. The van der Waals surface area contributed by atoms with Gasteiger partial charge in [0.15, 0.2) is 0 Å². The molecular formula is C50H86N6O8. The lowest BCUT2D eigenvalue weighted by Gasteiger charge is -2.66. The molecule has 14 nitrogen and oxygen atoms in total. The van der Waals surface area contributed by atoms with Gasteiger partial charge in [0.25, 0.3) is 5.41 Å². The van der Waals surface area contributed by atoms with Gasteiger partial charge < -0.3 is 18.9 Å². The van der Waals surface area contributed by atoms with E-state index in [0.717, 1.165) is 38.8 Å². The smallest absolute Gasteiger partial charge is 0.336 e. The average Bonchev–Trinajstić information content (AvgIpc) is 3.06. The first-order chi connectivity index (χ1) is 29.2. The third-order valence-corrected chi connectivity index (χ3v) is 16.1. The summed E-state index contributed by atoms with van der Waals surface area (Å²) in [6, 6.07) is 0. The first-order valence-electron chi connectivity index (χ1n) is 24.8. The van der Waals surface area contributed by atoms with Crippen molar-refractivity contribution in [2.24, 2.45) is 11.3 Å². The van der Waals surface area contributed by atoms with E-state index in [1.807, 2.05) is 0 Å². The molecule has 13 aliphatic heterocycles. The Balaban J connectivity index is 1.53. The number of fused-ring (bicyclic) bond motifs is 7. The molecule has 13 aliphatic rings. The number of hydrazine groups is 4. The monoisotopic (exact) mass is 899 g/mol. The van der Waals surface area contributed by atoms with Gasteiger partial charge in [0.2, 0.25) is 0 Å². The summed E-state index contributed by atoms with van der Waals surface area (Å²) in [5, 5.41) is 15.1. The summed E-state index contributed by atoms with van der Waals surface area (Å²) in [4.78, 5) is 62.6. The van der Waals surface area contributed by atoms with Crippen LogP contribution in [0, 0.1) is 11.3 Å². The average molecular weight is 899 g/mol. The van der Waals surface area contributed by atoms with Gasteiger partial charge >= 0.3 is 23.9 Å². The Morgan fingerprint density at radius 2 is 0.625 bits per heavy atom. The van der Waals surface area contributed by atoms with Crippen LogP contribution in [-0.2, 0) is 38.1 Å². The van der Waals surface area contributed by atoms with Gasteiger partial charge in [0, 0.05) is 109 Å². The molecule has 0 aliphatic carbocycles. The summed E-state index contributed by atoms with van der Waals surface area (Å²) >= 11 is 0. The molecule has 2 unspecified atom stereocenters. The summed E-state index contributed by atoms with van der Waals surface area (Å²) in [7, 11) is 0. The maximum Gasteiger partial charge on any atom is 0.336 e. The zero-order chi connectivity index (χ0) is 47.6. The van der Waals surface area contributed by atoms with Crippen LogP contribution in [0.3, 0.4) is 0 Å². The Morgan fingerprint density at radius 1 is 0.391 bits per heavy atom. The van der Waals surface area contributed by atoms with Gasteiger partial charge in [-0.2, -0.15) is 10.2 Å². The van der Waals surface area contributed by atoms with Crippen LogP contribution in [0.15, 0.2) is 0 Å². The fourth-order valence-electron chi connectivity index (χ4n) is 15.3. The van der Waals surface area contributed by atoms with Crippen molar-refractivity contribution in [1.82, 2.24) is 30.3 Å². The molecule has 0 N–H and O–H groups in total. The molecule has 0 aromatic heterocycles. The quantitative estimate of drug-likeness (QED) is 0.143. The fourth-order valence-corrected chi connectivity index (χ4v) is 15.3. The summed E-state index contributed by atoms with van der Waals surface area (Å²) < 4.78 is 26.5. The molecule has 0 amide bonds. The maximum absolute atomic E-state index is 15.8. The molecule has 2 atom stereocenters. The minimum absolute atomic E-state index is 0.0627. The van der Waals surface area contributed by atoms with Crippen molar-refractivity contribution < 1.29 is 38.1 Å². The first kappa shape index (κ1) is 49.5. The number of nitrogens with zero attached hydrogens (tertiary/aromatic N) is 6. The van der Waals surface area contributed by atoms with Gasteiger partial charge in [-0.3, -0.25) is 19.2 Å². The predicted molar refractivity (Wildman–Crippen MR) is 245 cm³/mol. The number of hydrogen-bond acceptors (Lipinski definition) is 14. The molecule has 0 aromatic rings. The van der Waals surface area contributed by atoms with Crippen molar-refractivity contribution in [1.29, 1.82) is 0 Å². The molecule has 13 fully saturated rings. The summed E-state index contributed by atoms with van der Waals surface area (Å²) in [5.74, 6) is -5.63. The highest BCUT2D eigenvalue weighted by atomic mass is 16.6. The lowest BCUT2D eigenvalue weighted by molar-refractivity contribution is -0.343. The van der Waals surface area contributed by atoms with Crippen molar-refractivity contribution in [2.75, 3.05) is 13.1 Å². The summed E-state index contributed by atoms with van der Waals surface area (Å²) in [6.45, 7) is 38.6. The number of esters is 4. The van der Waals surface area contributed by atoms with E-state index in [1.54, 1.807) is 6.92 Å². The molecule has 0 radical (unpaired) electrons. The van der Waals surface area contributed by atoms with Gasteiger partial charge in [-0.15, -0.1) is 0 Å². The van der Waals surface area contributed by atoms with Gasteiger partial charge in [-0.25, -0.2) is 20.0 Å². The topological polar surface area (TPSA) is 125 Å². The van der Waals surface area contributed by atoms with Crippen LogP contribution in [0.5, 0.6) is 0 Å². The molecule has 13 saturated heterocycles. The molecule has 1 spiro atoms. The lowest BCUT2D eigenvalue weighted by atomic mass is 9.72. The van der Waals surface area contributed by atoms with E-state index in [0.29, 0.717) is 51.4 Å². The Labute approximate surface area is 385 Å². The molecule has 364 valence electrons. The molecule has 11 bridgehead atoms. The minimum Gasteiger partial charge on any atom is -0.462 e. The van der Waals surface area contributed by atoms with E-state index in [9.17, 15) is 0 Å². The third-order valence-electron chi connectivity index (χ3n) is 16.1. The molecule has 13 rings (SSSR count). The molecule has 64 heavy (non-hydrogen) atoms. The van der Waals surface area contributed by atoms with Crippen molar-refractivity contribution in [3.05, 3.63) is 0 Å². The van der Waals surface area contributed by atoms with Crippen molar-refractivity contribution in [3.8, 4) is 0 Å². The van der Waals surface area contributed by atoms with E-state index in [2.05, 4.69) is 141 Å². The number of ether oxygens (including phenoxy) is 4. The van der Waals surface area contributed by atoms with Crippen LogP contribution >= 0.6 is 0 Å². The van der Waals surface area contributed by atoms with Gasteiger partial charge in [0.1, 0.15) is 24.4 Å². The molecule has 0 aromatic carbocycles. The molecule has 0 saturated carbocycles. The maximum atomic E-state index is 15.8. The zero-order valence-electron chi connectivity index (χ0n) is 42.9. The van der Waals surface area contributed by atoms with Crippen molar-refractivity contribution in [2.45, 2.75) is 270 Å². The number of rotatable bonds is 1. The molecular weight excluding hydrogens is 813 g/mol. The predicted octanol–water partition coefficient (Wildman–Crippen LogP) is 8.12. The van der Waals surface area contributed by atoms with Crippen LogP contribution in [0.25, 0.3) is 0 Å².